The fraction of sp³-hybridized carbons (Fsp3) is 0. The van der Waals surface area contributed by atoms with Crippen LogP contribution in [0, 0.1) is 5.82 Å². The number of pyridine rings is 1. The summed E-state index contributed by atoms with van der Waals surface area (Å²) in [6, 6.07) is 4.50. The third kappa shape index (κ3) is 1.72. The van der Waals surface area contributed by atoms with E-state index in [2.05, 4.69) is 20.9 Å². The van der Waals surface area contributed by atoms with Crippen molar-refractivity contribution in [2.24, 2.45) is 0 Å². The minimum atomic E-state index is -0.349. The third-order valence-electron chi connectivity index (χ3n) is 1.77. The van der Waals surface area contributed by atoms with Crippen molar-refractivity contribution in [1.29, 1.82) is 0 Å². The normalized spacial score (nSPS) is 10.9. The maximum absolute atomic E-state index is 13.1. The molecule has 1 heterocycles. The molecule has 0 N–H and O–H groups in total. The molecule has 72 valence electrons. The van der Waals surface area contributed by atoms with Gasteiger partial charge in [0.2, 0.25) is 0 Å². The Morgan fingerprint density at radius 2 is 1.93 bits per heavy atom. The Balaban J connectivity index is 2.83. The first-order chi connectivity index (χ1) is 6.58. The molecule has 1 aromatic carbocycles. The van der Waals surface area contributed by atoms with Gasteiger partial charge in [0.25, 0.3) is 0 Å². The van der Waals surface area contributed by atoms with E-state index >= 15 is 0 Å². The summed E-state index contributed by atoms with van der Waals surface area (Å²) in [5, 5.41) is 1.17. The van der Waals surface area contributed by atoms with Gasteiger partial charge in [-0.1, -0.05) is 23.2 Å². The topological polar surface area (TPSA) is 12.9 Å². The standard InChI is InChI=1S/C9H3BrCl2FN/c10-5-3-8-4(2-7(5)13)1-6(11)9(12)14-8/h1-3H. The molecular formula is C9H3BrCl2FN. The Hall–Kier alpha value is -0.380. The van der Waals surface area contributed by atoms with Gasteiger partial charge < -0.3 is 0 Å². The number of nitrogens with zero attached hydrogens (tertiary/aromatic N) is 1. The third-order valence-corrected chi connectivity index (χ3v) is 3.05. The molecule has 2 aromatic rings. The molecular weight excluding hydrogens is 292 g/mol. The van der Waals surface area contributed by atoms with Gasteiger partial charge in [-0.2, -0.15) is 0 Å². The molecule has 0 saturated heterocycles. The van der Waals surface area contributed by atoms with Gasteiger partial charge in [-0.15, -0.1) is 0 Å². The van der Waals surface area contributed by atoms with Crippen LogP contribution in [-0.2, 0) is 0 Å². The number of hydrogen-bond donors (Lipinski definition) is 0. The highest BCUT2D eigenvalue weighted by molar-refractivity contribution is 9.10. The minimum Gasteiger partial charge on any atom is -0.234 e. The van der Waals surface area contributed by atoms with Crippen molar-refractivity contribution in [2.45, 2.75) is 0 Å². The van der Waals surface area contributed by atoms with Gasteiger partial charge in [0.05, 0.1) is 15.0 Å². The van der Waals surface area contributed by atoms with Crippen molar-refractivity contribution >= 4 is 50.0 Å². The van der Waals surface area contributed by atoms with E-state index < -0.39 is 0 Å². The molecule has 0 atom stereocenters. The molecule has 0 unspecified atom stereocenters. The monoisotopic (exact) mass is 293 g/mol. The second-order valence-corrected chi connectivity index (χ2v) is 4.34. The van der Waals surface area contributed by atoms with Crippen LogP contribution >= 0.6 is 39.1 Å². The van der Waals surface area contributed by atoms with Crippen LogP contribution in [0.2, 0.25) is 10.2 Å². The Labute approximate surface area is 98.0 Å². The first-order valence-corrected chi connectivity index (χ1v) is 5.23. The van der Waals surface area contributed by atoms with Crippen LogP contribution in [0.1, 0.15) is 0 Å². The molecule has 0 bridgehead atoms. The van der Waals surface area contributed by atoms with E-state index in [0.29, 0.717) is 20.4 Å². The summed E-state index contributed by atoms with van der Waals surface area (Å²) < 4.78 is 13.5. The lowest BCUT2D eigenvalue weighted by Crippen LogP contribution is -1.84. The quantitative estimate of drug-likeness (QED) is 0.655. The summed E-state index contributed by atoms with van der Waals surface area (Å²) in [6.07, 6.45) is 0. The predicted octanol–water partition coefficient (Wildman–Crippen LogP) is 4.44. The number of halogens is 4. The van der Waals surface area contributed by atoms with Crippen LogP contribution in [0.3, 0.4) is 0 Å². The van der Waals surface area contributed by atoms with E-state index in [1.165, 1.54) is 6.07 Å². The van der Waals surface area contributed by atoms with E-state index in [0.717, 1.165) is 0 Å². The van der Waals surface area contributed by atoms with Crippen molar-refractivity contribution in [3.05, 3.63) is 38.7 Å². The molecule has 0 spiro atoms. The summed E-state index contributed by atoms with van der Waals surface area (Å²) in [7, 11) is 0. The smallest absolute Gasteiger partial charge is 0.148 e. The molecule has 0 radical (unpaired) electrons. The van der Waals surface area contributed by atoms with Gasteiger partial charge in [0.15, 0.2) is 0 Å². The molecule has 0 aliphatic carbocycles. The summed E-state index contributed by atoms with van der Waals surface area (Å²) in [6.45, 7) is 0. The second kappa shape index (κ2) is 3.65. The fourth-order valence-corrected chi connectivity index (χ4v) is 1.76. The Kier molecular flexibility index (Phi) is 2.64. The fourth-order valence-electron chi connectivity index (χ4n) is 1.12. The molecule has 0 saturated carbocycles. The average Bonchev–Trinajstić information content (AvgIpc) is 2.11. The van der Waals surface area contributed by atoms with Crippen molar-refractivity contribution in [3.8, 4) is 0 Å². The Bertz CT molecular complexity index is 426. The van der Waals surface area contributed by atoms with Crippen LogP contribution < -0.4 is 0 Å². The molecule has 0 aliphatic rings. The van der Waals surface area contributed by atoms with E-state index in [9.17, 15) is 4.39 Å². The van der Waals surface area contributed by atoms with Crippen molar-refractivity contribution in [1.82, 2.24) is 4.98 Å². The van der Waals surface area contributed by atoms with Gasteiger partial charge >= 0.3 is 0 Å². The number of hydrogen-bond acceptors (Lipinski definition) is 1. The molecule has 14 heavy (non-hydrogen) atoms. The van der Waals surface area contributed by atoms with Crippen molar-refractivity contribution in [2.75, 3.05) is 0 Å². The summed E-state index contributed by atoms with van der Waals surface area (Å²) in [4.78, 5) is 4.01. The van der Waals surface area contributed by atoms with E-state index in [4.69, 9.17) is 23.2 Å². The molecule has 2 rings (SSSR count). The van der Waals surface area contributed by atoms with Crippen LogP contribution in [0.25, 0.3) is 10.9 Å². The molecule has 0 amide bonds. The SMILES string of the molecule is Fc1cc2cc(Cl)c(Cl)nc2cc1Br. The second-order valence-electron chi connectivity index (χ2n) is 2.72. The zero-order valence-electron chi connectivity index (χ0n) is 6.69. The van der Waals surface area contributed by atoms with Crippen molar-refractivity contribution in [3.63, 3.8) is 0 Å². The molecule has 5 heteroatoms. The highest BCUT2D eigenvalue weighted by atomic mass is 79.9. The van der Waals surface area contributed by atoms with Crippen LogP contribution in [0.5, 0.6) is 0 Å². The molecule has 0 fully saturated rings. The summed E-state index contributed by atoms with van der Waals surface area (Å²) >= 11 is 14.5. The predicted molar refractivity (Wildman–Crippen MR) is 59.4 cm³/mol. The maximum atomic E-state index is 13.1. The van der Waals surface area contributed by atoms with Crippen LogP contribution in [0.4, 0.5) is 4.39 Å². The van der Waals surface area contributed by atoms with Gasteiger partial charge in [-0.05, 0) is 34.1 Å². The molecule has 1 nitrogen and oxygen atoms in total. The number of aromatic nitrogens is 1. The lowest BCUT2D eigenvalue weighted by Gasteiger charge is -2.01. The number of benzene rings is 1. The largest absolute Gasteiger partial charge is 0.234 e. The van der Waals surface area contributed by atoms with Crippen LogP contribution in [-0.4, -0.2) is 4.98 Å². The molecule has 1 aromatic heterocycles. The zero-order valence-corrected chi connectivity index (χ0v) is 9.79. The number of fused-ring (bicyclic) bond motifs is 1. The molecule has 0 aliphatic heterocycles. The first kappa shape index (κ1) is 10.1. The van der Waals surface area contributed by atoms with Gasteiger partial charge in [-0.25, -0.2) is 9.37 Å². The highest BCUT2D eigenvalue weighted by Crippen LogP contribution is 2.27. The van der Waals surface area contributed by atoms with Crippen molar-refractivity contribution < 1.29 is 4.39 Å². The van der Waals surface area contributed by atoms with Gasteiger partial charge in [0.1, 0.15) is 11.0 Å². The maximum Gasteiger partial charge on any atom is 0.148 e. The summed E-state index contributed by atoms with van der Waals surface area (Å²) in [5.41, 5.74) is 0.604. The lowest BCUT2D eigenvalue weighted by molar-refractivity contribution is 0.623. The first-order valence-electron chi connectivity index (χ1n) is 3.69. The Morgan fingerprint density at radius 3 is 2.64 bits per heavy atom. The van der Waals surface area contributed by atoms with E-state index in [1.807, 2.05) is 0 Å². The summed E-state index contributed by atoms with van der Waals surface area (Å²) in [5.74, 6) is -0.349. The minimum absolute atomic E-state index is 0.220. The van der Waals surface area contributed by atoms with Crippen LogP contribution in [0.15, 0.2) is 22.7 Å². The zero-order chi connectivity index (χ0) is 10.3. The van der Waals surface area contributed by atoms with E-state index in [1.54, 1.807) is 12.1 Å². The van der Waals surface area contributed by atoms with Gasteiger partial charge in [-0.3, -0.25) is 0 Å². The highest BCUT2D eigenvalue weighted by Gasteiger charge is 2.06. The van der Waals surface area contributed by atoms with E-state index in [-0.39, 0.29) is 11.0 Å². The average molecular weight is 295 g/mol. The lowest BCUT2D eigenvalue weighted by atomic mass is 10.2. The Morgan fingerprint density at radius 1 is 1.21 bits per heavy atom. The number of rotatable bonds is 0. The van der Waals surface area contributed by atoms with Gasteiger partial charge in [0, 0.05) is 5.39 Å².